The number of nitrogens with one attached hydrogen (secondary N) is 2. The lowest BCUT2D eigenvalue weighted by atomic mass is 10.1. The van der Waals surface area contributed by atoms with Crippen molar-refractivity contribution in [3.63, 3.8) is 0 Å². The Kier molecular flexibility index (Phi) is 6.45. The van der Waals surface area contributed by atoms with Crippen LogP contribution in [0.3, 0.4) is 0 Å². The summed E-state index contributed by atoms with van der Waals surface area (Å²) in [5.41, 5.74) is 1.32. The molecule has 0 spiro atoms. The summed E-state index contributed by atoms with van der Waals surface area (Å²) >= 11 is 1.10. The minimum Gasteiger partial charge on any atom is -0.495 e. The summed E-state index contributed by atoms with van der Waals surface area (Å²) in [7, 11) is -2.31. The lowest BCUT2D eigenvalue weighted by molar-refractivity contribution is -0.117. The van der Waals surface area contributed by atoms with E-state index in [0.717, 1.165) is 16.9 Å². The molecule has 0 bridgehead atoms. The first-order valence-corrected chi connectivity index (χ1v) is 10.9. The average Bonchev–Trinajstić information content (AvgIpc) is 3.24. The van der Waals surface area contributed by atoms with Crippen molar-refractivity contribution in [3.8, 4) is 5.75 Å². The zero-order chi connectivity index (χ0) is 20.0. The van der Waals surface area contributed by atoms with Crippen LogP contribution in [0.25, 0.3) is 0 Å². The van der Waals surface area contributed by atoms with Gasteiger partial charge in [-0.15, -0.1) is 11.3 Å². The van der Waals surface area contributed by atoms with Crippen molar-refractivity contribution in [1.29, 1.82) is 0 Å². The zero-order valence-electron chi connectivity index (χ0n) is 15.2. The van der Waals surface area contributed by atoms with E-state index in [1.807, 2.05) is 30.3 Å². The van der Waals surface area contributed by atoms with Crippen LogP contribution in [0, 0.1) is 0 Å². The summed E-state index contributed by atoms with van der Waals surface area (Å²) in [6.45, 7) is 0. The number of amides is 1. The van der Waals surface area contributed by atoms with Crippen molar-refractivity contribution in [2.75, 3.05) is 12.4 Å². The number of para-hydroxylation sites is 2. The van der Waals surface area contributed by atoms with Gasteiger partial charge in [0.1, 0.15) is 16.0 Å². The quantitative estimate of drug-likeness (QED) is 0.590. The highest BCUT2D eigenvalue weighted by Gasteiger charge is 2.27. The lowest BCUT2D eigenvalue weighted by Gasteiger charge is -2.19. The van der Waals surface area contributed by atoms with Crippen molar-refractivity contribution in [2.45, 2.75) is 16.7 Å². The van der Waals surface area contributed by atoms with Crippen LogP contribution in [0.5, 0.6) is 5.75 Å². The second-order valence-corrected chi connectivity index (χ2v) is 8.87. The van der Waals surface area contributed by atoms with Crippen LogP contribution in [-0.4, -0.2) is 27.5 Å². The van der Waals surface area contributed by atoms with Gasteiger partial charge in [0.2, 0.25) is 5.91 Å². The van der Waals surface area contributed by atoms with Crippen LogP contribution >= 0.6 is 11.3 Å². The SMILES string of the molecule is COc1ccccc1NC(=O)[C@@H](Cc1ccccc1)NS(=O)(=O)c1cccs1. The van der Waals surface area contributed by atoms with E-state index in [1.54, 1.807) is 35.7 Å². The molecular weight excluding hydrogens is 396 g/mol. The highest BCUT2D eigenvalue weighted by Crippen LogP contribution is 2.24. The molecule has 0 aliphatic carbocycles. The van der Waals surface area contributed by atoms with Gasteiger partial charge >= 0.3 is 0 Å². The second kappa shape index (κ2) is 9.01. The number of carbonyl (C=O) groups excluding carboxylic acids is 1. The number of hydrogen-bond acceptors (Lipinski definition) is 5. The van der Waals surface area contributed by atoms with E-state index >= 15 is 0 Å². The molecule has 2 N–H and O–H groups in total. The third kappa shape index (κ3) is 4.98. The minimum absolute atomic E-state index is 0.163. The molecule has 1 amide bonds. The van der Waals surface area contributed by atoms with Crippen LogP contribution in [0.1, 0.15) is 5.56 Å². The van der Waals surface area contributed by atoms with Gasteiger partial charge in [-0.25, -0.2) is 8.42 Å². The first kappa shape index (κ1) is 20.1. The van der Waals surface area contributed by atoms with Gasteiger partial charge in [0.25, 0.3) is 10.0 Å². The summed E-state index contributed by atoms with van der Waals surface area (Å²) in [5.74, 6) is 0.0314. The predicted molar refractivity (Wildman–Crippen MR) is 110 cm³/mol. The van der Waals surface area contributed by atoms with Crippen LogP contribution in [0.15, 0.2) is 76.3 Å². The van der Waals surface area contributed by atoms with E-state index in [0.29, 0.717) is 11.4 Å². The third-order valence-corrected chi connectivity index (χ3v) is 6.89. The van der Waals surface area contributed by atoms with E-state index in [1.165, 1.54) is 13.2 Å². The van der Waals surface area contributed by atoms with Gasteiger partial charge in [0.15, 0.2) is 0 Å². The maximum absolute atomic E-state index is 12.9. The maximum atomic E-state index is 12.9. The second-order valence-electron chi connectivity index (χ2n) is 5.99. The van der Waals surface area contributed by atoms with Crippen molar-refractivity contribution in [2.24, 2.45) is 0 Å². The normalized spacial score (nSPS) is 12.3. The number of anilines is 1. The Hall–Kier alpha value is -2.68. The molecule has 0 unspecified atom stereocenters. The average molecular weight is 417 g/mol. The van der Waals surface area contributed by atoms with Crippen molar-refractivity contribution >= 4 is 33.0 Å². The number of hydrogen-bond donors (Lipinski definition) is 2. The summed E-state index contributed by atoms with van der Waals surface area (Å²) in [6.07, 6.45) is 0.215. The van der Waals surface area contributed by atoms with Crippen molar-refractivity contribution in [1.82, 2.24) is 4.72 Å². The molecule has 0 aliphatic rings. The minimum atomic E-state index is -3.81. The third-order valence-electron chi connectivity index (χ3n) is 4.02. The number of benzene rings is 2. The number of carbonyl (C=O) groups is 1. The van der Waals surface area contributed by atoms with E-state index in [4.69, 9.17) is 4.74 Å². The van der Waals surface area contributed by atoms with Crippen molar-refractivity contribution in [3.05, 3.63) is 77.7 Å². The Morgan fingerprint density at radius 1 is 1.04 bits per heavy atom. The van der Waals surface area contributed by atoms with Crippen LogP contribution in [0.4, 0.5) is 5.69 Å². The zero-order valence-corrected chi connectivity index (χ0v) is 16.8. The molecule has 3 aromatic rings. The van der Waals surface area contributed by atoms with Gasteiger partial charge in [-0.2, -0.15) is 4.72 Å². The molecule has 0 fully saturated rings. The number of methoxy groups -OCH3 is 1. The monoisotopic (exact) mass is 416 g/mol. The molecule has 146 valence electrons. The molecule has 0 saturated carbocycles. The Morgan fingerprint density at radius 2 is 1.75 bits per heavy atom. The molecule has 28 heavy (non-hydrogen) atoms. The first-order chi connectivity index (χ1) is 13.5. The first-order valence-electron chi connectivity index (χ1n) is 8.53. The standard InChI is InChI=1S/C20H20N2O4S2/c1-26-18-11-6-5-10-16(18)21-20(23)17(14-15-8-3-2-4-9-15)22-28(24,25)19-12-7-13-27-19/h2-13,17,22H,14H2,1H3,(H,21,23)/t17-/m1/s1. The van der Waals surface area contributed by atoms with Gasteiger partial charge in [-0.05, 0) is 35.6 Å². The number of thiophene rings is 1. The molecule has 0 saturated heterocycles. The van der Waals surface area contributed by atoms with Crippen LogP contribution < -0.4 is 14.8 Å². The lowest BCUT2D eigenvalue weighted by Crippen LogP contribution is -2.45. The highest BCUT2D eigenvalue weighted by atomic mass is 32.2. The Labute approximate surface area is 168 Å². The van der Waals surface area contributed by atoms with Gasteiger partial charge in [-0.1, -0.05) is 48.5 Å². The van der Waals surface area contributed by atoms with E-state index in [2.05, 4.69) is 10.0 Å². The summed E-state index contributed by atoms with van der Waals surface area (Å²) in [4.78, 5) is 12.9. The molecular formula is C20H20N2O4S2. The summed E-state index contributed by atoms with van der Waals surface area (Å²) in [5, 5.41) is 4.44. The van der Waals surface area contributed by atoms with Gasteiger partial charge < -0.3 is 10.1 Å². The van der Waals surface area contributed by atoms with Gasteiger partial charge in [0, 0.05) is 0 Å². The summed E-state index contributed by atoms with van der Waals surface area (Å²) in [6, 6.07) is 18.4. The van der Waals surface area contributed by atoms with Crippen LogP contribution in [0.2, 0.25) is 0 Å². The summed E-state index contributed by atoms with van der Waals surface area (Å²) < 4.78 is 33.3. The molecule has 3 rings (SSSR count). The number of rotatable bonds is 8. The maximum Gasteiger partial charge on any atom is 0.250 e. The Morgan fingerprint density at radius 3 is 2.43 bits per heavy atom. The Balaban J connectivity index is 1.86. The molecule has 8 heteroatoms. The Bertz CT molecular complexity index is 1020. The van der Waals surface area contributed by atoms with Gasteiger partial charge in [0.05, 0.1) is 12.8 Å². The fourth-order valence-corrected chi connectivity index (χ4v) is 4.87. The molecule has 6 nitrogen and oxygen atoms in total. The molecule has 1 aromatic heterocycles. The molecule has 2 aromatic carbocycles. The number of sulfonamides is 1. The topological polar surface area (TPSA) is 84.5 Å². The molecule has 1 atom stereocenters. The number of ether oxygens (including phenoxy) is 1. The highest BCUT2D eigenvalue weighted by molar-refractivity contribution is 7.91. The predicted octanol–water partition coefficient (Wildman–Crippen LogP) is 3.29. The van der Waals surface area contributed by atoms with E-state index < -0.39 is 22.0 Å². The smallest absolute Gasteiger partial charge is 0.250 e. The fraction of sp³-hybridized carbons (Fsp3) is 0.150. The largest absolute Gasteiger partial charge is 0.495 e. The fourth-order valence-electron chi connectivity index (χ4n) is 2.67. The van der Waals surface area contributed by atoms with Crippen LogP contribution in [-0.2, 0) is 21.2 Å². The van der Waals surface area contributed by atoms with Gasteiger partial charge in [-0.3, -0.25) is 4.79 Å². The molecule has 0 radical (unpaired) electrons. The van der Waals surface area contributed by atoms with E-state index in [9.17, 15) is 13.2 Å². The van der Waals surface area contributed by atoms with Crippen molar-refractivity contribution < 1.29 is 17.9 Å². The molecule has 0 aliphatic heterocycles. The molecule has 1 heterocycles. The van der Waals surface area contributed by atoms with E-state index in [-0.39, 0.29) is 10.6 Å².